The van der Waals surface area contributed by atoms with Gasteiger partial charge in [0.1, 0.15) is 24.4 Å². The number of hydrogen-bond acceptors (Lipinski definition) is 7. The summed E-state index contributed by atoms with van der Waals surface area (Å²) in [4.78, 5) is 12.9. The van der Waals surface area contributed by atoms with E-state index >= 15 is 0 Å². The Morgan fingerprint density at radius 3 is 2.70 bits per heavy atom. The SMILES string of the molecule is C=P(C)(C)CC[C@H]1O[C@@H](n2c(CCCC)nc3c(N)ncnc32)[C@H](O)[C@@H]1O. The molecule has 0 saturated carbocycles. The van der Waals surface area contributed by atoms with E-state index in [2.05, 4.69) is 41.5 Å². The van der Waals surface area contributed by atoms with Crippen molar-refractivity contribution in [2.75, 3.05) is 25.2 Å². The predicted molar refractivity (Wildman–Crippen MR) is 110 cm³/mol. The van der Waals surface area contributed by atoms with Crippen LogP contribution in [0.5, 0.6) is 0 Å². The van der Waals surface area contributed by atoms with Gasteiger partial charge in [0.15, 0.2) is 23.2 Å². The van der Waals surface area contributed by atoms with Crippen LogP contribution in [0.2, 0.25) is 0 Å². The van der Waals surface area contributed by atoms with Crippen LogP contribution in [0, 0.1) is 0 Å². The van der Waals surface area contributed by atoms with Gasteiger partial charge in [0.05, 0.1) is 6.10 Å². The summed E-state index contributed by atoms with van der Waals surface area (Å²) in [6, 6.07) is 0. The fourth-order valence-corrected chi connectivity index (χ4v) is 4.36. The van der Waals surface area contributed by atoms with Crippen LogP contribution in [0.15, 0.2) is 6.33 Å². The van der Waals surface area contributed by atoms with Crippen LogP contribution in [0.4, 0.5) is 5.82 Å². The molecule has 1 fully saturated rings. The van der Waals surface area contributed by atoms with E-state index in [-0.39, 0.29) is 0 Å². The number of hydrogen-bond donors (Lipinski definition) is 3. The molecule has 0 spiro atoms. The Morgan fingerprint density at radius 1 is 1.30 bits per heavy atom. The van der Waals surface area contributed by atoms with Crippen molar-refractivity contribution < 1.29 is 14.9 Å². The van der Waals surface area contributed by atoms with Crippen molar-refractivity contribution in [2.45, 2.75) is 57.1 Å². The van der Waals surface area contributed by atoms with Gasteiger partial charge in [0, 0.05) is 6.42 Å². The van der Waals surface area contributed by atoms with E-state index in [9.17, 15) is 10.2 Å². The number of rotatable bonds is 7. The summed E-state index contributed by atoms with van der Waals surface area (Å²) in [6.45, 7) is 5.15. The van der Waals surface area contributed by atoms with Crippen molar-refractivity contribution in [3.05, 3.63) is 12.2 Å². The molecule has 3 rings (SSSR count). The number of aliphatic hydroxyl groups excluding tert-OH is 2. The largest absolute Gasteiger partial charge is 0.388 e. The highest BCUT2D eigenvalue weighted by molar-refractivity contribution is 7.72. The van der Waals surface area contributed by atoms with Gasteiger partial charge in [-0.3, -0.25) is 4.57 Å². The number of nitrogens with two attached hydrogens (primary N) is 1. The van der Waals surface area contributed by atoms with Gasteiger partial charge in [0.25, 0.3) is 0 Å². The number of nitrogen functional groups attached to an aromatic ring is 1. The first-order chi connectivity index (χ1) is 12.7. The van der Waals surface area contributed by atoms with Gasteiger partial charge in [-0.1, -0.05) is 13.3 Å². The number of anilines is 1. The monoisotopic (exact) mass is 395 g/mol. The number of unbranched alkanes of at least 4 members (excludes halogenated alkanes) is 1. The molecule has 0 aliphatic carbocycles. The number of aromatic nitrogens is 4. The van der Waals surface area contributed by atoms with Crippen molar-refractivity contribution in [3.63, 3.8) is 0 Å². The van der Waals surface area contributed by atoms with E-state index in [0.29, 0.717) is 29.8 Å². The average molecular weight is 395 g/mol. The highest BCUT2D eigenvalue weighted by Crippen LogP contribution is 2.40. The third-order valence-electron chi connectivity index (χ3n) is 4.94. The van der Waals surface area contributed by atoms with E-state index in [4.69, 9.17) is 10.5 Å². The van der Waals surface area contributed by atoms with Crippen LogP contribution in [-0.4, -0.2) is 73.8 Å². The van der Waals surface area contributed by atoms with Crippen molar-refractivity contribution >= 4 is 30.2 Å². The summed E-state index contributed by atoms with van der Waals surface area (Å²) in [5, 5.41) is 21.2. The smallest absolute Gasteiger partial charge is 0.167 e. The summed E-state index contributed by atoms with van der Waals surface area (Å²) in [5.74, 6) is 1.03. The zero-order valence-electron chi connectivity index (χ0n) is 16.2. The minimum absolute atomic E-state index is 0.296. The second kappa shape index (κ2) is 7.87. The fourth-order valence-electron chi connectivity index (χ4n) is 3.41. The molecule has 1 aliphatic heterocycles. The van der Waals surface area contributed by atoms with Crippen molar-refractivity contribution in [1.29, 1.82) is 0 Å². The van der Waals surface area contributed by atoms with Crippen LogP contribution in [0.3, 0.4) is 0 Å². The Labute approximate surface area is 159 Å². The number of imidazole rings is 1. The van der Waals surface area contributed by atoms with Crippen molar-refractivity contribution in [2.24, 2.45) is 0 Å². The van der Waals surface area contributed by atoms with Gasteiger partial charge in [0.2, 0.25) is 0 Å². The number of fused-ring (bicyclic) bond motifs is 1. The molecule has 2 aromatic rings. The van der Waals surface area contributed by atoms with Crippen LogP contribution < -0.4 is 5.73 Å². The maximum Gasteiger partial charge on any atom is 0.167 e. The van der Waals surface area contributed by atoms with E-state index in [1.165, 1.54) is 6.33 Å². The summed E-state index contributed by atoms with van der Waals surface area (Å²) in [6.07, 6.45) is 6.57. The number of aryl methyl sites for hydroxylation is 1. The van der Waals surface area contributed by atoms with E-state index in [1.54, 1.807) is 4.57 Å². The predicted octanol–water partition coefficient (Wildman–Crippen LogP) is 1.47. The summed E-state index contributed by atoms with van der Waals surface area (Å²) in [7, 11) is 0. The van der Waals surface area contributed by atoms with Crippen LogP contribution in [-0.2, 0) is 11.2 Å². The zero-order valence-corrected chi connectivity index (χ0v) is 17.1. The maximum atomic E-state index is 10.7. The molecule has 0 bridgehead atoms. The summed E-state index contributed by atoms with van der Waals surface area (Å²) >= 11 is 0. The quantitative estimate of drug-likeness (QED) is 0.607. The molecular weight excluding hydrogens is 365 g/mol. The Kier molecular flexibility index (Phi) is 5.91. The third-order valence-corrected chi connectivity index (χ3v) is 6.41. The highest BCUT2D eigenvalue weighted by atomic mass is 31.2. The van der Waals surface area contributed by atoms with Crippen LogP contribution in [0.1, 0.15) is 38.2 Å². The normalized spacial score (nSPS) is 26.1. The van der Waals surface area contributed by atoms with Crippen LogP contribution >= 0.6 is 6.89 Å². The van der Waals surface area contributed by atoms with Gasteiger partial charge in [-0.15, -0.1) is 13.2 Å². The first-order valence-electron chi connectivity index (χ1n) is 9.39. The lowest BCUT2D eigenvalue weighted by Gasteiger charge is -2.20. The van der Waals surface area contributed by atoms with Crippen LogP contribution in [0.25, 0.3) is 11.2 Å². The summed E-state index contributed by atoms with van der Waals surface area (Å²) in [5.41, 5.74) is 6.99. The molecule has 0 aromatic carbocycles. The maximum absolute atomic E-state index is 10.7. The fraction of sp³-hybridized carbons (Fsp3) is 0.667. The molecule has 0 amide bonds. The molecule has 150 valence electrons. The molecule has 2 aromatic heterocycles. The minimum Gasteiger partial charge on any atom is -0.388 e. The highest BCUT2D eigenvalue weighted by Gasteiger charge is 2.44. The molecule has 4 atom stereocenters. The molecule has 8 nitrogen and oxygen atoms in total. The number of nitrogens with zero attached hydrogens (tertiary/aromatic N) is 4. The summed E-state index contributed by atoms with van der Waals surface area (Å²) < 4.78 is 7.89. The molecular formula is C18H30N5O3P. The standard InChI is InChI=1S/C18H30N5O3P/c1-5-6-7-12-22-13-16(19)20-10-21-17(13)23(12)18-15(25)14(24)11(26-18)8-9-27(2,3)4/h10-11,14-15,18,24-25H,2,5-9H2,1,3-4H3,(H2,19,20,21)/t11-,14-,15-,18-/m1/s1. The second-order valence-corrected chi connectivity index (χ2v) is 12.2. The second-order valence-electron chi connectivity index (χ2n) is 7.93. The number of ether oxygens (including phenoxy) is 1. The first-order valence-corrected chi connectivity index (χ1v) is 12.4. The molecule has 1 aliphatic rings. The van der Waals surface area contributed by atoms with E-state index in [0.717, 1.165) is 24.8 Å². The Balaban J connectivity index is 1.95. The topological polar surface area (TPSA) is 119 Å². The minimum atomic E-state index is -1.24. The molecule has 0 unspecified atom stereocenters. The van der Waals surface area contributed by atoms with E-state index in [1.807, 2.05) is 0 Å². The average Bonchev–Trinajstić information content (AvgIpc) is 3.10. The van der Waals surface area contributed by atoms with Crippen molar-refractivity contribution in [3.8, 4) is 0 Å². The number of aliphatic hydroxyl groups is 2. The van der Waals surface area contributed by atoms with Gasteiger partial charge in [-0.25, -0.2) is 15.0 Å². The lowest BCUT2D eigenvalue weighted by molar-refractivity contribution is -0.0368. The molecule has 3 heterocycles. The zero-order chi connectivity index (χ0) is 19.8. The molecule has 1 saturated heterocycles. The lowest BCUT2D eigenvalue weighted by Crippen LogP contribution is -2.32. The molecule has 4 N–H and O–H groups in total. The van der Waals surface area contributed by atoms with E-state index < -0.39 is 31.4 Å². The van der Waals surface area contributed by atoms with Gasteiger partial charge < -0.3 is 20.7 Å². The Morgan fingerprint density at radius 2 is 2.04 bits per heavy atom. The lowest BCUT2D eigenvalue weighted by atomic mass is 10.1. The van der Waals surface area contributed by atoms with Gasteiger partial charge in [-0.05, 0) is 32.3 Å². The molecule has 9 heteroatoms. The Bertz CT molecular complexity index is 849. The molecule has 0 radical (unpaired) electrons. The van der Waals surface area contributed by atoms with Gasteiger partial charge in [-0.2, -0.15) is 0 Å². The molecule has 27 heavy (non-hydrogen) atoms. The van der Waals surface area contributed by atoms with Crippen molar-refractivity contribution in [1.82, 2.24) is 19.5 Å². The first kappa shape index (κ1) is 20.3. The third kappa shape index (κ3) is 4.19. The Hall–Kier alpha value is -1.47. The van der Waals surface area contributed by atoms with Gasteiger partial charge >= 0.3 is 0 Å².